The number of nitrogens with two attached hydrogens (primary N) is 1. The van der Waals surface area contributed by atoms with E-state index >= 15 is 0 Å². The summed E-state index contributed by atoms with van der Waals surface area (Å²) in [6.07, 6.45) is 1.90. The minimum absolute atomic E-state index is 0.272. The van der Waals surface area contributed by atoms with Crippen LogP contribution in [0.15, 0.2) is 18.2 Å². The standard InChI is InChI=1S/C11H12ClNO2/c1-15-10(14)7-2-3-8(9(12)6-7)11(13)4-5-11/h2-3,6H,4-5,13H2,1H3. The number of carbonyl (C=O) groups excluding carboxylic acids is 1. The first-order valence-electron chi connectivity index (χ1n) is 4.74. The van der Waals surface area contributed by atoms with Crippen molar-refractivity contribution in [2.75, 3.05) is 7.11 Å². The fourth-order valence-corrected chi connectivity index (χ4v) is 1.94. The second kappa shape index (κ2) is 3.51. The largest absolute Gasteiger partial charge is 0.465 e. The molecular formula is C11H12ClNO2. The molecule has 0 radical (unpaired) electrons. The molecular weight excluding hydrogens is 214 g/mol. The van der Waals surface area contributed by atoms with E-state index in [1.807, 2.05) is 6.07 Å². The summed E-state index contributed by atoms with van der Waals surface area (Å²) in [5, 5.41) is 0.540. The van der Waals surface area contributed by atoms with Crippen molar-refractivity contribution in [1.82, 2.24) is 0 Å². The molecule has 0 saturated heterocycles. The fraction of sp³-hybridized carbons (Fsp3) is 0.364. The van der Waals surface area contributed by atoms with E-state index < -0.39 is 0 Å². The number of halogens is 1. The maximum atomic E-state index is 11.2. The number of hydrogen-bond donors (Lipinski definition) is 1. The third kappa shape index (κ3) is 1.85. The molecule has 1 saturated carbocycles. The summed E-state index contributed by atoms with van der Waals surface area (Å²) in [5.41, 5.74) is 7.12. The minimum atomic E-state index is -0.384. The smallest absolute Gasteiger partial charge is 0.337 e. The van der Waals surface area contributed by atoms with Gasteiger partial charge in [-0.2, -0.15) is 0 Å². The summed E-state index contributed by atoms with van der Waals surface area (Å²) in [4.78, 5) is 11.2. The molecule has 3 nitrogen and oxygen atoms in total. The molecule has 1 aliphatic rings. The van der Waals surface area contributed by atoms with E-state index in [1.54, 1.807) is 12.1 Å². The predicted molar refractivity (Wildman–Crippen MR) is 57.9 cm³/mol. The van der Waals surface area contributed by atoms with Gasteiger partial charge in [-0.05, 0) is 30.5 Å². The first-order valence-corrected chi connectivity index (χ1v) is 5.12. The highest BCUT2D eigenvalue weighted by Crippen LogP contribution is 2.45. The number of carbonyl (C=O) groups is 1. The number of methoxy groups -OCH3 is 1. The number of esters is 1. The van der Waals surface area contributed by atoms with Crippen LogP contribution in [0.25, 0.3) is 0 Å². The van der Waals surface area contributed by atoms with Gasteiger partial charge >= 0.3 is 5.97 Å². The second-order valence-electron chi connectivity index (χ2n) is 3.84. The number of hydrogen-bond acceptors (Lipinski definition) is 3. The van der Waals surface area contributed by atoms with Crippen LogP contribution >= 0.6 is 11.6 Å². The van der Waals surface area contributed by atoms with Crippen molar-refractivity contribution in [3.63, 3.8) is 0 Å². The number of ether oxygens (including phenoxy) is 1. The Bertz CT molecular complexity index is 413. The highest BCUT2D eigenvalue weighted by molar-refractivity contribution is 6.31. The lowest BCUT2D eigenvalue weighted by Gasteiger charge is -2.11. The Morgan fingerprint density at radius 1 is 1.53 bits per heavy atom. The third-order valence-corrected chi connectivity index (χ3v) is 3.03. The van der Waals surface area contributed by atoms with E-state index in [0.29, 0.717) is 10.6 Å². The van der Waals surface area contributed by atoms with Gasteiger partial charge in [-0.15, -0.1) is 0 Å². The Labute approximate surface area is 93.2 Å². The fourth-order valence-electron chi connectivity index (χ4n) is 1.57. The van der Waals surface area contributed by atoms with Gasteiger partial charge in [-0.3, -0.25) is 0 Å². The highest BCUT2D eigenvalue weighted by atomic mass is 35.5. The summed E-state index contributed by atoms with van der Waals surface area (Å²) in [6, 6.07) is 5.11. The molecule has 1 aliphatic carbocycles. The molecule has 0 unspecified atom stereocenters. The molecule has 0 heterocycles. The van der Waals surface area contributed by atoms with Crippen LogP contribution in [-0.4, -0.2) is 13.1 Å². The van der Waals surface area contributed by atoms with Crippen LogP contribution in [0.5, 0.6) is 0 Å². The first kappa shape index (κ1) is 10.5. The summed E-state index contributed by atoms with van der Waals surface area (Å²) in [5.74, 6) is -0.384. The summed E-state index contributed by atoms with van der Waals surface area (Å²) < 4.78 is 4.60. The van der Waals surface area contributed by atoms with Gasteiger partial charge in [-0.25, -0.2) is 4.79 Å². The predicted octanol–water partition coefficient (Wildman–Crippen LogP) is 2.07. The Morgan fingerprint density at radius 2 is 2.20 bits per heavy atom. The van der Waals surface area contributed by atoms with E-state index in [0.717, 1.165) is 18.4 Å². The summed E-state index contributed by atoms with van der Waals surface area (Å²) >= 11 is 6.07. The second-order valence-corrected chi connectivity index (χ2v) is 4.25. The molecule has 1 fully saturated rings. The SMILES string of the molecule is COC(=O)c1ccc(C2(N)CC2)c(Cl)c1. The number of rotatable bonds is 2. The maximum absolute atomic E-state index is 11.2. The molecule has 0 aromatic heterocycles. The van der Waals surface area contributed by atoms with Crippen molar-refractivity contribution in [2.24, 2.45) is 5.73 Å². The van der Waals surface area contributed by atoms with Crippen molar-refractivity contribution in [3.8, 4) is 0 Å². The van der Waals surface area contributed by atoms with Gasteiger partial charge in [-0.1, -0.05) is 17.7 Å². The maximum Gasteiger partial charge on any atom is 0.337 e. The monoisotopic (exact) mass is 225 g/mol. The van der Waals surface area contributed by atoms with Crippen LogP contribution in [0.2, 0.25) is 5.02 Å². The lowest BCUT2D eigenvalue weighted by Crippen LogP contribution is -2.19. The van der Waals surface area contributed by atoms with E-state index in [-0.39, 0.29) is 11.5 Å². The third-order valence-electron chi connectivity index (χ3n) is 2.72. The van der Waals surface area contributed by atoms with Crippen molar-refractivity contribution in [3.05, 3.63) is 34.3 Å². The molecule has 1 aromatic carbocycles. The van der Waals surface area contributed by atoms with E-state index in [4.69, 9.17) is 17.3 Å². The van der Waals surface area contributed by atoms with Crippen molar-refractivity contribution >= 4 is 17.6 Å². The molecule has 0 amide bonds. The molecule has 0 atom stereocenters. The lowest BCUT2D eigenvalue weighted by molar-refractivity contribution is 0.0600. The molecule has 4 heteroatoms. The minimum Gasteiger partial charge on any atom is -0.465 e. The van der Waals surface area contributed by atoms with Gasteiger partial charge in [0.1, 0.15) is 0 Å². The van der Waals surface area contributed by atoms with Crippen LogP contribution in [0.3, 0.4) is 0 Å². The van der Waals surface area contributed by atoms with Crippen molar-refractivity contribution in [1.29, 1.82) is 0 Å². The average Bonchev–Trinajstić information content (AvgIpc) is 2.96. The van der Waals surface area contributed by atoms with Gasteiger partial charge in [0.05, 0.1) is 12.7 Å². The summed E-state index contributed by atoms with van der Waals surface area (Å²) in [6.45, 7) is 0. The highest BCUT2D eigenvalue weighted by Gasteiger charge is 2.41. The number of benzene rings is 1. The zero-order valence-corrected chi connectivity index (χ0v) is 9.17. The van der Waals surface area contributed by atoms with Gasteiger partial charge in [0.15, 0.2) is 0 Å². The Balaban J connectivity index is 2.35. The van der Waals surface area contributed by atoms with Gasteiger partial charge in [0.25, 0.3) is 0 Å². The lowest BCUT2D eigenvalue weighted by atomic mass is 10.0. The first-order chi connectivity index (χ1) is 7.07. The molecule has 2 N–H and O–H groups in total. The molecule has 0 spiro atoms. The van der Waals surface area contributed by atoms with Crippen LogP contribution in [0, 0.1) is 0 Å². The van der Waals surface area contributed by atoms with Crippen molar-refractivity contribution in [2.45, 2.75) is 18.4 Å². The average molecular weight is 226 g/mol. The molecule has 0 bridgehead atoms. The molecule has 15 heavy (non-hydrogen) atoms. The topological polar surface area (TPSA) is 52.3 Å². The zero-order chi connectivity index (χ0) is 11.1. The Morgan fingerprint density at radius 3 is 2.67 bits per heavy atom. The van der Waals surface area contributed by atoms with Crippen molar-refractivity contribution < 1.29 is 9.53 Å². The Kier molecular flexibility index (Phi) is 2.44. The zero-order valence-electron chi connectivity index (χ0n) is 8.42. The van der Waals surface area contributed by atoms with E-state index in [9.17, 15) is 4.79 Å². The summed E-state index contributed by atoms with van der Waals surface area (Å²) in [7, 11) is 1.34. The van der Waals surface area contributed by atoms with E-state index in [1.165, 1.54) is 7.11 Å². The van der Waals surface area contributed by atoms with Crippen LogP contribution in [0.1, 0.15) is 28.8 Å². The molecule has 0 aliphatic heterocycles. The molecule has 80 valence electrons. The van der Waals surface area contributed by atoms with E-state index in [2.05, 4.69) is 4.74 Å². The van der Waals surface area contributed by atoms with Gasteiger partial charge in [0.2, 0.25) is 0 Å². The van der Waals surface area contributed by atoms with Crippen LogP contribution < -0.4 is 5.73 Å². The van der Waals surface area contributed by atoms with Crippen LogP contribution in [-0.2, 0) is 10.3 Å². The van der Waals surface area contributed by atoms with Gasteiger partial charge < -0.3 is 10.5 Å². The molecule has 2 rings (SSSR count). The molecule has 1 aromatic rings. The van der Waals surface area contributed by atoms with Crippen LogP contribution in [0.4, 0.5) is 0 Å². The Hall–Kier alpha value is -1.06. The quantitative estimate of drug-likeness (QED) is 0.784. The van der Waals surface area contributed by atoms with Gasteiger partial charge in [0, 0.05) is 10.6 Å². The normalized spacial score (nSPS) is 17.3.